The number of hydrogen-bond acceptors (Lipinski definition) is 5. The summed E-state index contributed by atoms with van der Waals surface area (Å²) in [7, 11) is -3.66. The average molecular weight is 455 g/mol. The van der Waals surface area contributed by atoms with Crippen LogP contribution >= 0.6 is 11.3 Å². The predicted molar refractivity (Wildman–Crippen MR) is 121 cm³/mol. The molecule has 0 aliphatic heterocycles. The first-order valence-corrected chi connectivity index (χ1v) is 12.0. The van der Waals surface area contributed by atoms with Gasteiger partial charge < -0.3 is 5.32 Å². The number of nitrogens with zero attached hydrogens (tertiary/aromatic N) is 1. The fourth-order valence-corrected chi connectivity index (χ4v) is 5.37. The van der Waals surface area contributed by atoms with Gasteiger partial charge in [-0.25, -0.2) is 17.8 Å². The van der Waals surface area contributed by atoms with Crippen LogP contribution in [0.3, 0.4) is 0 Å². The molecule has 0 bridgehead atoms. The summed E-state index contributed by atoms with van der Waals surface area (Å²) < 4.78 is 38.7. The lowest BCUT2D eigenvalue weighted by molar-refractivity contribution is -0.115. The van der Waals surface area contributed by atoms with Crippen molar-refractivity contribution in [3.05, 3.63) is 78.1 Å². The molecule has 0 spiro atoms. The van der Waals surface area contributed by atoms with Crippen LogP contribution in [0.25, 0.3) is 20.8 Å². The minimum absolute atomic E-state index is 0.00270. The van der Waals surface area contributed by atoms with Crippen LogP contribution in [0.2, 0.25) is 0 Å². The van der Waals surface area contributed by atoms with E-state index in [9.17, 15) is 17.6 Å². The first kappa shape index (κ1) is 21.1. The Morgan fingerprint density at radius 3 is 2.45 bits per heavy atom. The summed E-state index contributed by atoms with van der Waals surface area (Å²) >= 11 is 1.61. The largest absolute Gasteiger partial charge is 0.326 e. The topological polar surface area (TPSA) is 76.1 Å². The van der Waals surface area contributed by atoms with E-state index < -0.39 is 21.6 Å². The SMILES string of the molecule is Cc1ccc2nc(-c3ccc(NC(=O)CCS(=O)(=O)c4ccc(F)cc4)cc3)sc2c1. The van der Waals surface area contributed by atoms with Crippen LogP contribution in [-0.4, -0.2) is 25.1 Å². The lowest BCUT2D eigenvalue weighted by atomic mass is 10.2. The zero-order chi connectivity index (χ0) is 22.0. The van der Waals surface area contributed by atoms with Crippen molar-refractivity contribution in [1.29, 1.82) is 0 Å². The van der Waals surface area contributed by atoms with E-state index in [-0.39, 0.29) is 17.1 Å². The molecule has 158 valence electrons. The first-order chi connectivity index (χ1) is 14.8. The van der Waals surface area contributed by atoms with Crippen LogP contribution in [0.1, 0.15) is 12.0 Å². The van der Waals surface area contributed by atoms with Crippen LogP contribution < -0.4 is 5.32 Å². The highest BCUT2D eigenvalue weighted by molar-refractivity contribution is 7.91. The Morgan fingerprint density at radius 2 is 1.74 bits per heavy atom. The monoisotopic (exact) mass is 454 g/mol. The van der Waals surface area contributed by atoms with Gasteiger partial charge in [-0.2, -0.15) is 0 Å². The van der Waals surface area contributed by atoms with Gasteiger partial charge in [0.2, 0.25) is 5.91 Å². The van der Waals surface area contributed by atoms with E-state index in [4.69, 9.17) is 0 Å². The summed E-state index contributed by atoms with van der Waals surface area (Å²) in [6.07, 6.45) is -0.196. The van der Waals surface area contributed by atoms with Gasteiger partial charge in [0, 0.05) is 17.7 Å². The Labute approximate surface area is 183 Å². The van der Waals surface area contributed by atoms with E-state index in [1.54, 1.807) is 23.5 Å². The molecule has 4 rings (SSSR count). The maximum atomic E-state index is 13.0. The van der Waals surface area contributed by atoms with Crippen LogP contribution in [-0.2, 0) is 14.6 Å². The van der Waals surface area contributed by atoms with E-state index in [0.717, 1.165) is 32.9 Å². The molecule has 0 fully saturated rings. The number of nitrogens with one attached hydrogen (secondary N) is 1. The molecule has 1 amide bonds. The number of fused-ring (bicyclic) bond motifs is 1. The molecule has 0 atom stereocenters. The van der Waals surface area contributed by atoms with E-state index in [1.807, 2.05) is 31.2 Å². The second-order valence-corrected chi connectivity index (χ2v) is 10.3. The molecule has 0 radical (unpaired) electrons. The molecule has 0 aliphatic carbocycles. The summed E-state index contributed by atoms with van der Waals surface area (Å²) in [6.45, 7) is 2.04. The highest BCUT2D eigenvalue weighted by Gasteiger charge is 2.17. The number of rotatable bonds is 6. The molecular weight excluding hydrogens is 435 g/mol. The Morgan fingerprint density at radius 1 is 1.03 bits per heavy atom. The zero-order valence-corrected chi connectivity index (χ0v) is 18.3. The van der Waals surface area contributed by atoms with E-state index >= 15 is 0 Å². The number of carbonyl (C=O) groups excluding carboxylic acids is 1. The van der Waals surface area contributed by atoms with Gasteiger partial charge in [-0.1, -0.05) is 6.07 Å². The molecule has 0 saturated heterocycles. The normalized spacial score (nSPS) is 11.5. The Bertz CT molecular complexity index is 1350. The fourth-order valence-electron chi connectivity index (χ4n) is 3.06. The quantitative estimate of drug-likeness (QED) is 0.406. The summed E-state index contributed by atoms with van der Waals surface area (Å²) in [6, 6.07) is 18.0. The summed E-state index contributed by atoms with van der Waals surface area (Å²) in [5, 5.41) is 3.60. The van der Waals surface area contributed by atoms with Crippen molar-refractivity contribution in [3.8, 4) is 10.6 Å². The highest BCUT2D eigenvalue weighted by atomic mass is 32.2. The van der Waals surface area contributed by atoms with Crippen LogP contribution in [0.5, 0.6) is 0 Å². The molecule has 1 aromatic heterocycles. The number of aryl methyl sites for hydroxylation is 1. The minimum Gasteiger partial charge on any atom is -0.326 e. The average Bonchev–Trinajstić information content (AvgIpc) is 3.16. The second-order valence-electron chi connectivity index (χ2n) is 7.14. The molecule has 31 heavy (non-hydrogen) atoms. The predicted octanol–water partition coefficient (Wildman–Crippen LogP) is 5.21. The number of carbonyl (C=O) groups is 1. The van der Waals surface area contributed by atoms with E-state index in [1.165, 1.54) is 17.7 Å². The van der Waals surface area contributed by atoms with Crippen molar-refractivity contribution in [2.45, 2.75) is 18.2 Å². The number of hydrogen-bond donors (Lipinski definition) is 1. The van der Waals surface area contributed by atoms with Crippen molar-refractivity contribution >= 4 is 43.0 Å². The van der Waals surface area contributed by atoms with E-state index in [0.29, 0.717) is 5.69 Å². The van der Waals surface area contributed by atoms with Crippen molar-refractivity contribution < 1.29 is 17.6 Å². The van der Waals surface area contributed by atoms with Crippen molar-refractivity contribution in [2.24, 2.45) is 0 Å². The molecule has 0 saturated carbocycles. The zero-order valence-electron chi connectivity index (χ0n) is 16.6. The van der Waals surface area contributed by atoms with Gasteiger partial charge in [-0.05, 0) is 73.2 Å². The van der Waals surface area contributed by atoms with Crippen LogP contribution in [0.4, 0.5) is 10.1 Å². The number of sulfone groups is 1. The van der Waals surface area contributed by atoms with E-state index in [2.05, 4.69) is 16.4 Å². The van der Waals surface area contributed by atoms with Crippen molar-refractivity contribution in [2.75, 3.05) is 11.1 Å². The van der Waals surface area contributed by atoms with Gasteiger partial charge >= 0.3 is 0 Å². The Hall–Kier alpha value is -3.10. The molecule has 5 nitrogen and oxygen atoms in total. The standard InChI is InChI=1S/C23H19FN2O3S2/c1-15-2-11-20-21(14-15)30-23(26-20)16-3-7-18(8-4-16)25-22(27)12-13-31(28,29)19-9-5-17(24)6-10-19/h2-11,14H,12-13H2,1H3,(H,25,27). The Kier molecular flexibility index (Phi) is 5.84. The van der Waals surface area contributed by atoms with Crippen molar-refractivity contribution in [1.82, 2.24) is 4.98 Å². The number of anilines is 1. The molecular formula is C23H19FN2O3S2. The third-order valence-corrected chi connectivity index (χ3v) is 7.53. The van der Waals surface area contributed by atoms with Gasteiger partial charge in [0.05, 0.1) is 20.9 Å². The molecule has 3 aromatic carbocycles. The van der Waals surface area contributed by atoms with Crippen LogP contribution in [0, 0.1) is 12.7 Å². The maximum Gasteiger partial charge on any atom is 0.225 e. The molecule has 4 aromatic rings. The fraction of sp³-hybridized carbons (Fsp3) is 0.130. The van der Waals surface area contributed by atoms with Gasteiger partial charge in [0.15, 0.2) is 9.84 Å². The second kappa shape index (κ2) is 8.56. The molecule has 8 heteroatoms. The molecule has 0 aliphatic rings. The third-order valence-electron chi connectivity index (χ3n) is 4.73. The van der Waals surface area contributed by atoms with Gasteiger partial charge in [-0.3, -0.25) is 4.79 Å². The minimum atomic E-state index is -3.66. The number of amides is 1. The molecule has 0 unspecified atom stereocenters. The molecule has 1 heterocycles. The molecule has 1 N–H and O–H groups in total. The first-order valence-electron chi connectivity index (χ1n) is 9.56. The van der Waals surface area contributed by atoms with Gasteiger partial charge in [0.25, 0.3) is 0 Å². The summed E-state index contributed by atoms with van der Waals surface area (Å²) in [4.78, 5) is 16.8. The van der Waals surface area contributed by atoms with Crippen LogP contribution in [0.15, 0.2) is 71.6 Å². The third kappa shape index (κ3) is 4.98. The Balaban J connectivity index is 1.39. The summed E-state index contributed by atoms with van der Waals surface area (Å²) in [5.41, 5.74) is 3.65. The lowest BCUT2D eigenvalue weighted by Gasteiger charge is -2.07. The van der Waals surface area contributed by atoms with Gasteiger partial charge in [-0.15, -0.1) is 11.3 Å². The number of thiazole rings is 1. The van der Waals surface area contributed by atoms with Gasteiger partial charge in [0.1, 0.15) is 10.8 Å². The highest BCUT2D eigenvalue weighted by Crippen LogP contribution is 2.31. The van der Waals surface area contributed by atoms with Crippen molar-refractivity contribution in [3.63, 3.8) is 0 Å². The maximum absolute atomic E-state index is 13.0. The number of halogens is 1. The summed E-state index contributed by atoms with van der Waals surface area (Å²) in [5.74, 6) is -1.27. The number of aromatic nitrogens is 1. The number of benzene rings is 3. The lowest BCUT2D eigenvalue weighted by Crippen LogP contribution is -2.17. The smallest absolute Gasteiger partial charge is 0.225 e.